The molecule has 0 unspecified atom stereocenters. The number of carbonyl (C=O) groups excluding carboxylic acids is 4. The molecule has 5 aromatic carbocycles. The molecule has 2 aliphatic carbocycles. The number of anilines is 2. The maximum atomic E-state index is 13.8. The van der Waals surface area contributed by atoms with E-state index in [-0.39, 0.29) is 39.8 Å². The smallest absolute Gasteiger partial charge is 0.265 e. The van der Waals surface area contributed by atoms with E-state index in [2.05, 4.69) is 10.6 Å². The van der Waals surface area contributed by atoms with E-state index in [1.807, 2.05) is 36.4 Å². The Labute approximate surface area is 285 Å². The van der Waals surface area contributed by atoms with Gasteiger partial charge in [-0.3, -0.25) is 28.5 Å². The number of ketones is 4. The molecular weight excluding hydrogens is 628 g/mol. The number of aromatic nitrogens is 2. The molecule has 1 aromatic heterocycles. The number of hydrogen-bond acceptors (Lipinski definition) is 8. The van der Waals surface area contributed by atoms with Crippen LogP contribution in [-0.4, -0.2) is 32.7 Å². The SMILES string of the molecule is Cc1nc2c(-c3ccc(NC=C4C(=O)c5ccccc5C4=O)cc3)cccc2c(=O)n1-c1ccc(NC=C2C(=O)c3ccccc3C2=O)cc1. The van der Waals surface area contributed by atoms with Crippen LogP contribution in [0.25, 0.3) is 27.7 Å². The second-order valence-electron chi connectivity index (χ2n) is 11.9. The van der Waals surface area contributed by atoms with Crippen molar-refractivity contribution in [1.29, 1.82) is 0 Å². The summed E-state index contributed by atoms with van der Waals surface area (Å²) in [4.78, 5) is 69.5. The van der Waals surface area contributed by atoms with Crippen molar-refractivity contribution in [3.05, 3.63) is 177 Å². The molecule has 0 amide bonds. The van der Waals surface area contributed by atoms with Crippen LogP contribution in [0.3, 0.4) is 0 Å². The number of para-hydroxylation sites is 1. The van der Waals surface area contributed by atoms with E-state index in [9.17, 15) is 24.0 Å². The van der Waals surface area contributed by atoms with Crippen molar-refractivity contribution in [3.63, 3.8) is 0 Å². The topological polar surface area (TPSA) is 127 Å². The Balaban J connectivity index is 1.03. The summed E-state index contributed by atoms with van der Waals surface area (Å²) in [5.41, 5.74) is 5.65. The first kappa shape index (κ1) is 30.3. The molecule has 240 valence electrons. The number of allylic oxidation sites excluding steroid dienone is 2. The Morgan fingerprint density at radius 2 is 0.960 bits per heavy atom. The molecular formula is C41H26N4O5. The van der Waals surface area contributed by atoms with Gasteiger partial charge >= 0.3 is 0 Å². The lowest BCUT2D eigenvalue weighted by Gasteiger charge is -2.14. The minimum absolute atomic E-state index is 0.0727. The zero-order valence-corrected chi connectivity index (χ0v) is 26.6. The molecule has 2 N–H and O–H groups in total. The predicted octanol–water partition coefficient (Wildman–Crippen LogP) is 7.11. The van der Waals surface area contributed by atoms with E-state index in [1.54, 1.807) is 90.4 Å². The molecule has 50 heavy (non-hydrogen) atoms. The molecule has 0 radical (unpaired) electrons. The van der Waals surface area contributed by atoms with Crippen LogP contribution in [0.15, 0.2) is 144 Å². The van der Waals surface area contributed by atoms with Gasteiger partial charge in [-0.2, -0.15) is 0 Å². The third-order valence-corrected chi connectivity index (χ3v) is 8.97. The number of fused-ring (bicyclic) bond motifs is 3. The van der Waals surface area contributed by atoms with Gasteiger partial charge in [0.1, 0.15) is 5.82 Å². The van der Waals surface area contributed by atoms with Gasteiger partial charge in [-0.05, 0) is 55.0 Å². The molecule has 6 aromatic rings. The number of rotatable bonds is 6. The highest BCUT2D eigenvalue weighted by Crippen LogP contribution is 2.30. The Kier molecular flexibility index (Phi) is 7.23. The first-order valence-corrected chi connectivity index (χ1v) is 15.8. The molecule has 0 fully saturated rings. The maximum absolute atomic E-state index is 13.8. The van der Waals surface area contributed by atoms with Crippen LogP contribution >= 0.6 is 0 Å². The first-order chi connectivity index (χ1) is 24.3. The fourth-order valence-corrected chi connectivity index (χ4v) is 6.42. The average Bonchev–Trinajstić information content (AvgIpc) is 3.53. The highest BCUT2D eigenvalue weighted by molar-refractivity contribution is 6.40. The molecule has 0 saturated heterocycles. The van der Waals surface area contributed by atoms with Gasteiger partial charge in [-0.1, -0.05) is 72.8 Å². The summed E-state index contributed by atoms with van der Waals surface area (Å²) in [6.07, 6.45) is 2.87. The molecule has 8 rings (SSSR count). The zero-order chi connectivity index (χ0) is 34.5. The van der Waals surface area contributed by atoms with Crippen LogP contribution in [-0.2, 0) is 0 Å². The van der Waals surface area contributed by atoms with Crippen molar-refractivity contribution >= 4 is 45.4 Å². The van der Waals surface area contributed by atoms with E-state index < -0.39 is 0 Å². The van der Waals surface area contributed by atoms with Gasteiger partial charge in [0.05, 0.1) is 27.7 Å². The third kappa shape index (κ3) is 4.96. The number of Topliss-reactive ketones (excluding diaryl/α,β-unsaturated/α-hetero) is 4. The molecule has 0 aliphatic heterocycles. The second kappa shape index (κ2) is 11.9. The van der Waals surface area contributed by atoms with E-state index in [1.165, 1.54) is 12.4 Å². The normalized spacial score (nSPS) is 13.5. The van der Waals surface area contributed by atoms with Gasteiger partial charge in [0.15, 0.2) is 23.1 Å². The second-order valence-corrected chi connectivity index (χ2v) is 11.9. The number of aryl methyl sites for hydroxylation is 1. The number of nitrogens with one attached hydrogen (secondary N) is 2. The molecule has 9 nitrogen and oxygen atoms in total. The Morgan fingerprint density at radius 1 is 0.520 bits per heavy atom. The lowest BCUT2D eigenvalue weighted by Crippen LogP contribution is -2.22. The summed E-state index contributed by atoms with van der Waals surface area (Å²) in [5.74, 6) is -0.738. The minimum Gasteiger partial charge on any atom is -0.361 e. The standard InChI is InChI=1S/C41H26N4O5/c1-23-44-36-28(24-13-15-25(16-14-24)42-21-34-37(46)29-7-2-3-8-30(29)38(34)47)11-6-12-33(36)41(50)45(23)27-19-17-26(18-20-27)43-22-35-39(48)31-9-4-5-10-32(31)40(35)49/h2-22,42-43H,1H3. The third-order valence-electron chi connectivity index (χ3n) is 8.97. The van der Waals surface area contributed by atoms with Crippen LogP contribution < -0.4 is 16.2 Å². The van der Waals surface area contributed by atoms with Gasteiger partial charge in [0, 0.05) is 51.6 Å². The summed E-state index contributed by atoms with van der Waals surface area (Å²) in [6.45, 7) is 1.77. The van der Waals surface area contributed by atoms with Gasteiger partial charge in [-0.25, -0.2) is 4.98 Å². The highest BCUT2D eigenvalue weighted by Gasteiger charge is 2.33. The summed E-state index contributed by atoms with van der Waals surface area (Å²) in [7, 11) is 0. The summed E-state index contributed by atoms with van der Waals surface area (Å²) in [5, 5.41) is 6.55. The van der Waals surface area contributed by atoms with Crippen molar-refractivity contribution < 1.29 is 19.2 Å². The number of nitrogens with zero attached hydrogens (tertiary/aromatic N) is 2. The maximum Gasteiger partial charge on any atom is 0.265 e. The largest absolute Gasteiger partial charge is 0.361 e. The van der Waals surface area contributed by atoms with Crippen molar-refractivity contribution in [2.45, 2.75) is 6.92 Å². The highest BCUT2D eigenvalue weighted by atomic mass is 16.2. The Hall–Kier alpha value is -7.00. The van der Waals surface area contributed by atoms with E-state index in [0.717, 1.165) is 11.1 Å². The summed E-state index contributed by atoms with van der Waals surface area (Å²) < 4.78 is 1.54. The van der Waals surface area contributed by atoms with Crippen molar-refractivity contribution in [2.24, 2.45) is 0 Å². The molecule has 0 bridgehead atoms. The average molecular weight is 655 g/mol. The monoisotopic (exact) mass is 654 g/mol. The lowest BCUT2D eigenvalue weighted by atomic mass is 10.0. The van der Waals surface area contributed by atoms with Crippen LogP contribution in [0.2, 0.25) is 0 Å². The molecule has 0 saturated carbocycles. The van der Waals surface area contributed by atoms with Gasteiger partial charge in [0.25, 0.3) is 5.56 Å². The molecule has 0 atom stereocenters. The summed E-state index contributed by atoms with van der Waals surface area (Å²) in [6, 6.07) is 33.5. The number of carbonyl (C=O) groups is 4. The number of benzene rings is 5. The first-order valence-electron chi connectivity index (χ1n) is 15.8. The molecule has 1 heterocycles. The molecule has 2 aliphatic rings. The fraction of sp³-hybridized carbons (Fsp3) is 0.0244. The van der Waals surface area contributed by atoms with E-state index >= 15 is 0 Å². The molecule has 9 heteroatoms. The van der Waals surface area contributed by atoms with Crippen LogP contribution in [0, 0.1) is 6.92 Å². The van der Waals surface area contributed by atoms with Gasteiger partial charge in [0.2, 0.25) is 0 Å². The Bertz CT molecular complexity index is 2500. The van der Waals surface area contributed by atoms with E-state index in [4.69, 9.17) is 4.98 Å². The Morgan fingerprint density at radius 3 is 1.44 bits per heavy atom. The van der Waals surface area contributed by atoms with Crippen LogP contribution in [0.5, 0.6) is 0 Å². The van der Waals surface area contributed by atoms with E-state index in [0.29, 0.717) is 56.0 Å². The van der Waals surface area contributed by atoms with Crippen molar-refractivity contribution in [3.8, 4) is 16.8 Å². The lowest BCUT2D eigenvalue weighted by molar-refractivity contribution is 0.0973. The minimum atomic E-state index is -0.315. The van der Waals surface area contributed by atoms with Crippen molar-refractivity contribution in [1.82, 2.24) is 9.55 Å². The number of hydrogen-bond donors (Lipinski definition) is 2. The van der Waals surface area contributed by atoms with Gasteiger partial charge < -0.3 is 10.6 Å². The quantitative estimate of drug-likeness (QED) is 0.144. The van der Waals surface area contributed by atoms with Gasteiger partial charge in [-0.15, -0.1) is 0 Å². The van der Waals surface area contributed by atoms with Crippen LogP contribution in [0.1, 0.15) is 47.3 Å². The van der Waals surface area contributed by atoms with Crippen LogP contribution in [0.4, 0.5) is 11.4 Å². The fourth-order valence-electron chi connectivity index (χ4n) is 6.42. The summed E-state index contributed by atoms with van der Waals surface area (Å²) >= 11 is 0. The zero-order valence-electron chi connectivity index (χ0n) is 26.6. The van der Waals surface area contributed by atoms with Crippen molar-refractivity contribution in [2.75, 3.05) is 10.6 Å². The molecule has 0 spiro atoms. The predicted molar refractivity (Wildman–Crippen MR) is 191 cm³/mol.